The molecule has 0 saturated heterocycles. The molecule has 1 aromatic carbocycles. The Morgan fingerprint density at radius 2 is 2.13 bits per heavy atom. The van der Waals surface area contributed by atoms with Crippen LogP contribution in [0.25, 0.3) is 0 Å². The van der Waals surface area contributed by atoms with E-state index >= 15 is 0 Å². The molecule has 0 amide bonds. The van der Waals surface area contributed by atoms with Crippen molar-refractivity contribution in [1.82, 2.24) is 0 Å². The molecule has 1 atom stereocenters. The van der Waals surface area contributed by atoms with E-state index in [0.717, 1.165) is 0 Å². The highest BCUT2D eigenvalue weighted by atomic mass is 32.2. The number of rotatable bonds is 1. The monoisotopic (exact) mass is 227 g/mol. The van der Waals surface area contributed by atoms with Crippen LogP contribution in [0.4, 0.5) is 5.69 Å². The van der Waals surface area contributed by atoms with Crippen LogP contribution in [-0.2, 0) is 10.0 Å². The van der Waals surface area contributed by atoms with Crippen molar-refractivity contribution < 1.29 is 13.5 Å². The Bertz CT molecular complexity index is 469. The SMILES string of the molecule is CCN1c2ccccc2[C@@H](O)CS1(=O)=O. The molecule has 1 N–H and O–H groups in total. The number of nitrogens with zero attached hydrogens (tertiary/aromatic N) is 1. The first-order valence-corrected chi connectivity index (χ1v) is 6.44. The highest BCUT2D eigenvalue weighted by molar-refractivity contribution is 7.92. The lowest BCUT2D eigenvalue weighted by Gasteiger charge is -2.32. The lowest BCUT2D eigenvalue weighted by Crippen LogP contribution is -2.39. The van der Waals surface area contributed by atoms with Crippen LogP contribution in [0.1, 0.15) is 18.6 Å². The van der Waals surface area contributed by atoms with Gasteiger partial charge in [-0.05, 0) is 13.0 Å². The molecule has 0 fully saturated rings. The third-order valence-corrected chi connectivity index (χ3v) is 4.42. The van der Waals surface area contributed by atoms with E-state index in [-0.39, 0.29) is 5.75 Å². The lowest BCUT2D eigenvalue weighted by molar-refractivity contribution is 0.200. The van der Waals surface area contributed by atoms with Gasteiger partial charge in [-0.1, -0.05) is 18.2 Å². The zero-order valence-electron chi connectivity index (χ0n) is 8.42. The Kier molecular flexibility index (Phi) is 2.44. The van der Waals surface area contributed by atoms with Gasteiger partial charge in [0.05, 0.1) is 17.5 Å². The van der Waals surface area contributed by atoms with Gasteiger partial charge in [-0.15, -0.1) is 0 Å². The Balaban J connectivity index is 2.62. The van der Waals surface area contributed by atoms with Gasteiger partial charge in [-0.3, -0.25) is 4.31 Å². The molecule has 0 spiro atoms. The molecule has 1 aliphatic heterocycles. The summed E-state index contributed by atoms with van der Waals surface area (Å²) in [5.74, 6) is -0.224. The van der Waals surface area contributed by atoms with E-state index < -0.39 is 16.1 Å². The number of para-hydroxylation sites is 1. The summed E-state index contributed by atoms with van der Waals surface area (Å²) in [6.07, 6.45) is -0.908. The van der Waals surface area contributed by atoms with E-state index in [1.165, 1.54) is 4.31 Å². The van der Waals surface area contributed by atoms with E-state index in [4.69, 9.17) is 0 Å². The number of aliphatic hydroxyl groups is 1. The summed E-state index contributed by atoms with van der Waals surface area (Å²) < 4.78 is 24.8. The van der Waals surface area contributed by atoms with Gasteiger partial charge in [-0.25, -0.2) is 8.42 Å². The summed E-state index contributed by atoms with van der Waals surface area (Å²) in [4.78, 5) is 0. The van der Waals surface area contributed by atoms with Crippen LogP contribution in [0.2, 0.25) is 0 Å². The third-order valence-electron chi connectivity index (χ3n) is 2.56. The second-order valence-electron chi connectivity index (χ2n) is 3.52. The minimum absolute atomic E-state index is 0.224. The molecule has 0 unspecified atom stereocenters. The molecule has 82 valence electrons. The van der Waals surface area contributed by atoms with E-state index in [2.05, 4.69) is 0 Å². The number of sulfonamides is 1. The van der Waals surface area contributed by atoms with Crippen LogP contribution in [0, 0.1) is 0 Å². The smallest absolute Gasteiger partial charge is 0.238 e. The largest absolute Gasteiger partial charge is 0.387 e. The number of hydrogen-bond donors (Lipinski definition) is 1. The molecular weight excluding hydrogens is 214 g/mol. The molecule has 0 bridgehead atoms. The van der Waals surface area contributed by atoms with Gasteiger partial charge in [0, 0.05) is 12.1 Å². The van der Waals surface area contributed by atoms with Gasteiger partial charge in [0.1, 0.15) is 0 Å². The molecule has 1 aliphatic rings. The molecule has 1 aromatic rings. The van der Waals surface area contributed by atoms with Crippen molar-refractivity contribution in [3.05, 3.63) is 29.8 Å². The maximum atomic E-state index is 11.8. The molecule has 0 aliphatic carbocycles. The fourth-order valence-corrected chi connectivity index (χ4v) is 3.51. The molecule has 0 saturated carbocycles. The summed E-state index contributed by atoms with van der Waals surface area (Å²) in [6, 6.07) is 7.05. The molecule has 2 rings (SSSR count). The van der Waals surface area contributed by atoms with Gasteiger partial charge in [0.2, 0.25) is 10.0 Å². The van der Waals surface area contributed by atoms with Crippen molar-refractivity contribution >= 4 is 15.7 Å². The zero-order chi connectivity index (χ0) is 11.1. The van der Waals surface area contributed by atoms with E-state index in [1.54, 1.807) is 31.2 Å². The second-order valence-corrected chi connectivity index (χ2v) is 5.46. The molecule has 0 radical (unpaired) electrons. The van der Waals surface area contributed by atoms with Gasteiger partial charge in [-0.2, -0.15) is 0 Å². The first-order valence-electron chi connectivity index (χ1n) is 4.83. The van der Waals surface area contributed by atoms with Crippen LogP contribution in [0.3, 0.4) is 0 Å². The van der Waals surface area contributed by atoms with Crippen LogP contribution in [0.15, 0.2) is 24.3 Å². The number of benzene rings is 1. The van der Waals surface area contributed by atoms with Crippen molar-refractivity contribution in [1.29, 1.82) is 0 Å². The summed E-state index contributed by atoms with van der Waals surface area (Å²) in [5, 5.41) is 9.70. The standard InChI is InChI=1S/C10H13NO3S/c1-2-11-9-6-4-3-5-8(9)10(12)7-15(11,13)14/h3-6,10,12H,2,7H2,1H3/t10-/m0/s1. The number of anilines is 1. The van der Waals surface area contributed by atoms with Crippen LogP contribution >= 0.6 is 0 Å². The predicted octanol–water partition coefficient (Wildman–Crippen LogP) is 0.890. The maximum absolute atomic E-state index is 11.8. The third kappa shape index (κ3) is 1.61. The molecule has 5 heteroatoms. The first kappa shape index (κ1) is 10.4. The topological polar surface area (TPSA) is 57.6 Å². The molecule has 4 nitrogen and oxygen atoms in total. The van der Waals surface area contributed by atoms with Crippen LogP contribution < -0.4 is 4.31 Å². The number of aliphatic hydroxyl groups excluding tert-OH is 1. The average Bonchev–Trinajstić information content (AvgIpc) is 2.17. The van der Waals surface area contributed by atoms with Crippen molar-refractivity contribution in [2.75, 3.05) is 16.6 Å². The van der Waals surface area contributed by atoms with Gasteiger partial charge in [0.25, 0.3) is 0 Å². The van der Waals surface area contributed by atoms with Crippen molar-refractivity contribution in [2.24, 2.45) is 0 Å². The predicted molar refractivity (Wildman–Crippen MR) is 58.2 cm³/mol. The minimum Gasteiger partial charge on any atom is -0.387 e. The highest BCUT2D eigenvalue weighted by Gasteiger charge is 2.33. The quantitative estimate of drug-likeness (QED) is 0.775. The fraction of sp³-hybridized carbons (Fsp3) is 0.400. The zero-order valence-corrected chi connectivity index (χ0v) is 9.24. The fourth-order valence-electron chi connectivity index (χ4n) is 1.89. The van der Waals surface area contributed by atoms with Crippen LogP contribution in [0.5, 0.6) is 0 Å². The average molecular weight is 227 g/mol. The van der Waals surface area contributed by atoms with E-state index in [0.29, 0.717) is 17.8 Å². The molecule has 15 heavy (non-hydrogen) atoms. The van der Waals surface area contributed by atoms with Gasteiger partial charge < -0.3 is 5.11 Å². The normalized spacial score (nSPS) is 23.6. The van der Waals surface area contributed by atoms with Gasteiger partial charge >= 0.3 is 0 Å². The summed E-state index contributed by atoms with van der Waals surface area (Å²) in [6.45, 7) is 2.18. The van der Waals surface area contributed by atoms with Crippen molar-refractivity contribution in [3.63, 3.8) is 0 Å². The number of hydrogen-bond acceptors (Lipinski definition) is 3. The molecule has 1 heterocycles. The molecule has 0 aromatic heterocycles. The van der Waals surface area contributed by atoms with E-state index in [1.807, 2.05) is 0 Å². The Morgan fingerprint density at radius 3 is 2.80 bits per heavy atom. The summed E-state index contributed by atoms with van der Waals surface area (Å²) in [7, 11) is -3.35. The highest BCUT2D eigenvalue weighted by Crippen LogP contribution is 2.34. The summed E-state index contributed by atoms with van der Waals surface area (Å²) in [5.41, 5.74) is 1.29. The van der Waals surface area contributed by atoms with E-state index in [9.17, 15) is 13.5 Å². The number of fused-ring (bicyclic) bond motifs is 1. The van der Waals surface area contributed by atoms with Crippen molar-refractivity contribution in [3.8, 4) is 0 Å². The lowest BCUT2D eigenvalue weighted by atomic mass is 10.1. The Hall–Kier alpha value is -1.07. The Labute approximate surface area is 89.2 Å². The first-order chi connectivity index (χ1) is 7.06. The van der Waals surface area contributed by atoms with Crippen LogP contribution in [-0.4, -0.2) is 25.8 Å². The molecular formula is C10H13NO3S. The second kappa shape index (κ2) is 3.50. The van der Waals surface area contributed by atoms with Crippen molar-refractivity contribution in [2.45, 2.75) is 13.0 Å². The summed E-state index contributed by atoms with van der Waals surface area (Å²) >= 11 is 0. The minimum atomic E-state index is -3.35. The Morgan fingerprint density at radius 1 is 1.47 bits per heavy atom. The van der Waals surface area contributed by atoms with Gasteiger partial charge in [0.15, 0.2) is 0 Å². The maximum Gasteiger partial charge on any atom is 0.238 e.